The van der Waals surface area contributed by atoms with Gasteiger partial charge in [-0.15, -0.1) is 0 Å². The summed E-state index contributed by atoms with van der Waals surface area (Å²) in [6.07, 6.45) is 4.04. The van der Waals surface area contributed by atoms with E-state index in [9.17, 15) is 9.59 Å². The van der Waals surface area contributed by atoms with Crippen LogP contribution in [0.4, 0.5) is 5.82 Å². The topological polar surface area (TPSA) is 84.4 Å². The molecule has 3 rings (SSSR count). The van der Waals surface area contributed by atoms with Crippen LogP contribution in [-0.4, -0.2) is 48.6 Å². The van der Waals surface area contributed by atoms with Crippen LogP contribution >= 0.6 is 0 Å². The fourth-order valence-corrected chi connectivity index (χ4v) is 4.04. The molecule has 2 aliphatic rings. The van der Waals surface area contributed by atoms with E-state index >= 15 is 0 Å². The van der Waals surface area contributed by atoms with Gasteiger partial charge >= 0.3 is 5.97 Å². The summed E-state index contributed by atoms with van der Waals surface area (Å²) in [5, 5.41) is 2.84. The molecule has 0 aromatic carbocycles. The smallest absolute Gasteiger partial charge is 0.311 e. The SMILES string of the molecule is CCCC1(C(=O)OC)CCN(c2nc(C)nc3c2CCNC3=O)CC1. The summed E-state index contributed by atoms with van der Waals surface area (Å²) in [6, 6.07) is 0. The largest absolute Gasteiger partial charge is 0.469 e. The zero-order chi connectivity index (χ0) is 18.0. The van der Waals surface area contributed by atoms with E-state index in [2.05, 4.69) is 27.1 Å². The normalized spacial score (nSPS) is 19.2. The van der Waals surface area contributed by atoms with Crippen molar-refractivity contribution in [2.75, 3.05) is 31.6 Å². The van der Waals surface area contributed by atoms with Crippen molar-refractivity contribution in [3.8, 4) is 0 Å². The highest BCUT2D eigenvalue weighted by molar-refractivity contribution is 5.96. The second-order valence-corrected chi connectivity index (χ2v) is 6.94. The molecule has 25 heavy (non-hydrogen) atoms. The Hall–Kier alpha value is -2.18. The van der Waals surface area contributed by atoms with E-state index in [4.69, 9.17) is 4.74 Å². The number of rotatable bonds is 4. The number of carbonyl (C=O) groups excluding carboxylic acids is 2. The number of aryl methyl sites for hydroxylation is 1. The Morgan fingerprint density at radius 2 is 2.04 bits per heavy atom. The standard InChI is InChI=1S/C18H26N4O3/c1-4-6-18(17(24)25-3)7-10-22(11-8-18)15-13-5-9-19-16(23)14(13)20-12(2)21-15/h4-11H2,1-3H3,(H,19,23). The van der Waals surface area contributed by atoms with Crippen LogP contribution in [0.15, 0.2) is 0 Å². The number of amides is 1. The second kappa shape index (κ2) is 6.98. The second-order valence-electron chi connectivity index (χ2n) is 6.94. The molecule has 1 aromatic heterocycles. The third kappa shape index (κ3) is 3.19. The van der Waals surface area contributed by atoms with Gasteiger partial charge in [-0.2, -0.15) is 0 Å². The van der Waals surface area contributed by atoms with E-state index in [0.29, 0.717) is 18.1 Å². The third-order valence-corrected chi connectivity index (χ3v) is 5.34. The first kappa shape index (κ1) is 17.6. The summed E-state index contributed by atoms with van der Waals surface area (Å²) in [5.41, 5.74) is 1.03. The maximum absolute atomic E-state index is 12.3. The maximum Gasteiger partial charge on any atom is 0.311 e. The van der Waals surface area contributed by atoms with Gasteiger partial charge in [-0.25, -0.2) is 9.97 Å². The minimum atomic E-state index is -0.389. The van der Waals surface area contributed by atoms with Crippen molar-refractivity contribution in [2.24, 2.45) is 5.41 Å². The lowest BCUT2D eigenvalue weighted by molar-refractivity contribution is -0.154. The molecule has 0 radical (unpaired) electrons. The van der Waals surface area contributed by atoms with Gasteiger partial charge in [0.15, 0.2) is 0 Å². The summed E-state index contributed by atoms with van der Waals surface area (Å²) >= 11 is 0. The first-order valence-corrected chi connectivity index (χ1v) is 9.00. The van der Waals surface area contributed by atoms with Gasteiger partial charge in [0.2, 0.25) is 0 Å². The van der Waals surface area contributed by atoms with E-state index in [-0.39, 0.29) is 17.3 Å². The minimum Gasteiger partial charge on any atom is -0.469 e. The molecule has 136 valence electrons. The van der Waals surface area contributed by atoms with E-state index in [1.807, 2.05) is 6.92 Å². The highest BCUT2D eigenvalue weighted by atomic mass is 16.5. The molecular weight excluding hydrogens is 320 g/mol. The van der Waals surface area contributed by atoms with Crippen molar-refractivity contribution in [3.63, 3.8) is 0 Å². The van der Waals surface area contributed by atoms with Crippen molar-refractivity contribution in [1.82, 2.24) is 15.3 Å². The van der Waals surface area contributed by atoms with E-state index in [0.717, 1.165) is 56.6 Å². The predicted octanol–water partition coefficient (Wildman–Crippen LogP) is 1.63. The van der Waals surface area contributed by atoms with Crippen LogP contribution in [0, 0.1) is 12.3 Å². The van der Waals surface area contributed by atoms with Crippen LogP contribution in [0.2, 0.25) is 0 Å². The van der Waals surface area contributed by atoms with Crippen molar-refractivity contribution >= 4 is 17.7 Å². The Labute approximate surface area is 148 Å². The Morgan fingerprint density at radius 3 is 2.68 bits per heavy atom. The van der Waals surface area contributed by atoms with Crippen LogP contribution in [0.25, 0.3) is 0 Å². The molecule has 0 bridgehead atoms. The van der Waals surface area contributed by atoms with Crippen molar-refractivity contribution < 1.29 is 14.3 Å². The average Bonchev–Trinajstić information content (AvgIpc) is 2.62. The van der Waals surface area contributed by atoms with E-state index < -0.39 is 0 Å². The molecule has 2 aliphatic heterocycles. The van der Waals surface area contributed by atoms with Crippen LogP contribution in [0.5, 0.6) is 0 Å². The number of nitrogens with one attached hydrogen (secondary N) is 1. The number of piperidine rings is 1. The lowest BCUT2D eigenvalue weighted by Crippen LogP contribution is -2.46. The predicted molar refractivity (Wildman–Crippen MR) is 93.6 cm³/mol. The molecule has 7 heteroatoms. The average molecular weight is 346 g/mol. The van der Waals surface area contributed by atoms with Gasteiger partial charge in [0.05, 0.1) is 12.5 Å². The number of esters is 1. The molecule has 1 fully saturated rings. The lowest BCUT2D eigenvalue weighted by Gasteiger charge is -2.41. The molecule has 0 atom stereocenters. The fraction of sp³-hybridized carbons (Fsp3) is 0.667. The number of anilines is 1. The van der Waals surface area contributed by atoms with E-state index in [1.165, 1.54) is 7.11 Å². The first-order chi connectivity index (χ1) is 12.0. The third-order valence-electron chi connectivity index (χ3n) is 5.34. The van der Waals surface area contributed by atoms with Gasteiger partial charge in [0, 0.05) is 25.2 Å². The Bertz CT molecular complexity index is 681. The maximum atomic E-state index is 12.3. The highest BCUT2D eigenvalue weighted by Gasteiger charge is 2.42. The molecular formula is C18H26N4O3. The molecule has 0 unspecified atom stereocenters. The molecule has 0 spiro atoms. The van der Waals surface area contributed by atoms with Crippen LogP contribution in [0.3, 0.4) is 0 Å². The summed E-state index contributed by atoms with van der Waals surface area (Å²) in [7, 11) is 1.47. The number of methoxy groups -OCH3 is 1. The molecule has 1 amide bonds. The number of hydrogen-bond acceptors (Lipinski definition) is 6. The molecule has 1 N–H and O–H groups in total. The van der Waals surface area contributed by atoms with Gasteiger partial charge < -0.3 is 15.0 Å². The molecule has 0 saturated carbocycles. The van der Waals surface area contributed by atoms with Gasteiger partial charge in [0.25, 0.3) is 5.91 Å². The summed E-state index contributed by atoms with van der Waals surface area (Å²) < 4.78 is 5.07. The minimum absolute atomic E-state index is 0.103. The zero-order valence-corrected chi connectivity index (χ0v) is 15.2. The number of hydrogen-bond donors (Lipinski definition) is 1. The lowest BCUT2D eigenvalue weighted by atomic mass is 9.75. The molecule has 7 nitrogen and oxygen atoms in total. The summed E-state index contributed by atoms with van der Waals surface area (Å²) in [5.74, 6) is 1.23. The zero-order valence-electron chi connectivity index (χ0n) is 15.2. The van der Waals surface area contributed by atoms with Crippen LogP contribution in [-0.2, 0) is 16.0 Å². The molecule has 1 saturated heterocycles. The monoisotopic (exact) mass is 346 g/mol. The number of fused-ring (bicyclic) bond motifs is 1. The molecule has 3 heterocycles. The highest BCUT2D eigenvalue weighted by Crippen LogP contribution is 2.39. The number of nitrogens with zero attached hydrogens (tertiary/aromatic N) is 3. The first-order valence-electron chi connectivity index (χ1n) is 9.00. The summed E-state index contributed by atoms with van der Waals surface area (Å²) in [4.78, 5) is 35.6. The summed E-state index contributed by atoms with van der Waals surface area (Å²) in [6.45, 7) is 5.99. The molecule has 1 aromatic rings. The van der Waals surface area contributed by atoms with Crippen LogP contribution < -0.4 is 10.2 Å². The van der Waals surface area contributed by atoms with Crippen molar-refractivity contribution in [1.29, 1.82) is 0 Å². The van der Waals surface area contributed by atoms with Crippen molar-refractivity contribution in [3.05, 3.63) is 17.1 Å². The number of aromatic nitrogens is 2. The Morgan fingerprint density at radius 1 is 1.32 bits per heavy atom. The van der Waals surface area contributed by atoms with Gasteiger partial charge in [0.1, 0.15) is 17.3 Å². The quantitative estimate of drug-likeness (QED) is 0.834. The van der Waals surface area contributed by atoms with Gasteiger partial charge in [-0.3, -0.25) is 9.59 Å². The van der Waals surface area contributed by atoms with Crippen LogP contribution in [0.1, 0.15) is 54.5 Å². The Balaban J connectivity index is 1.86. The Kier molecular flexibility index (Phi) is 4.92. The van der Waals surface area contributed by atoms with E-state index in [1.54, 1.807) is 0 Å². The van der Waals surface area contributed by atoms with Gasteiger partial charge in [-0.05, 0) is 32.6 Å². The van der Waals surface area contributed by atoms with Gasteiger partial charge in [-0.1, -0.05) is 13.3 Å². The molecule has 0 aliphatic carbocycles. The fourth-order valence-electron chi connectivity index (χ4n) is 4.04. The number of ether oxygens (including phenoxy) is 1. The number of carbonyl (C=O) groups is 2. The van der Waals surface area contributed by atoms with Crippen molar-refractivity contribution in [2.45, 2.75) is 46.0 Å².